The molecule has 1 radical (unpaired) electrons. The topological polar surface area (TPSA) is 102 Å². The predicted octanol–water partition coefficient (Wildman–Crippen LogP) is 0.0186. The number of hydrogen-bond donors (Lipinski definition) is 0. The quantitative estimate of drug-likeness (QED) is 0.355. The molecule has 0 amide bonds. The number of terminal acetylenes is 1. The van der Waals surface area contributed by atoms with Gasteiger partial charge in [-0.2, -0.15) is 0 Å². The van der Waals surface area contributed by atoms with E-state index < -0.39 is 0 Å². The predicted molar refractivity (Wildman–Crippen MR) is 68.8 cm³/mol. The van der Waals surface area contributed by atoms with E-state index in [1.54, 1.807) is 0 Å². The molecular formula is C12H16CoO6-6. The van der Waals surface area contributed by atoms with Gasteiger partial charge in [-0.1, -0.05) is 0 Å². The zero-order valence-corrected chi connectivity index (χ0v) is 11.9. The summed E-state index contributed by atoms with van der Waals surface area (Å²) in [6, 6.07) is 0. The zero-order chi connectivity index (χ0) is 17.2. The maximum atomic E-state index is 7.75. The third kappa shape index (κ3) is 2700. The Balaban J connectivity index is -0.0000000135. The van der Waals surface area contributed by atoms with Crippen LogP contribution in [0.3, 0.4) is 0 Å². The van der Waals surface area contributed by atoms with Crippen LogP contribution in [0, 0.1) is 17.8 Å². The Morgan fingerprint density at radius 2 is 0.684 bits per heavy atom. The first-order chi connectivity index (χ1) is 8.56. The molecule has 115 valence electrons. The smallest absolute Gasteiger partial charge is 0.0227 e. The fourth-order valence-corrected chi connectivity index (χ4v) is 0. The van der Waals surface area contributed by atoms with E-state index in [0.29, 0.717) is 0 Å². The number of rotatable bonds is 0. The van der Waals surface area contributed by atoms with Gasteiger partial charge < -0.3 is 28.8 Å². The molecule has 0 saturated heterocycles. The van der Waals surface area contributed by atoms with E-state index in [9.17, 15) is 0 Å². The van der Waals surface area contributed by atoms with Gasteiger partial charge in [-0.25, -0.2) is 0 Å². The van der Waals surface area contributed by atoms with Crippen molar-refractivity contribution < 1.29 is 45.5 Å². The van der Waals surface area contributed by atoms with Crippen LogP contribution < -0.4 is 0 Å². The maximum Gasteiger partial charge on any atom is 0.0227 e. The van der Waals surface area contributed by atoms with Gasteiger partial charge in [-0.3, -0.25) is 40.7 Å². The molecular weight excluding hydrogens is 299 g/mol. The summed E-state index contributed by atoms with van der Waals surface area (Å²) in [5, 5.41) is 0. The molecule has 0 heterocycles. The van der Waals surface area contributed by atoms with Crippen molar-refractivity contribution in [3.05, 3.63) is 0 Å². The summed E-state index contributed by atoms with van der Waals surface area (Å²) in [7, 11) is 0. The molecule has 0 aliphatic rings. The van der Waals surface area contributed by atoms with Crippen LogP contribution in [-0.2, 0) is 45.5 Å². The van der Waals surface area contributed by atoms with Crippen molar-refractivity contribution in [2.75, 3.05) is 0 Å². The van der Waals surface area contributed by atoms with E-state index >= 15 is 0 Å². The first kappa shape index (κ1) is 53.6. The van der Waals surface area contributed by atoms with Gasteiger partial charge in [0.1, 0.15) is 0 Å². The second-order valence-electron chi connectivity index (χ2n) is 2.39. The molecule has 0 saturated carbocycles. The molecule has 0 atom stereocenters. The summed E-state index contributed by atoms with van der Waals surface area (Å²) >= 11 is 0. The largest absolute Gasteiger partial charge is 0.545 e. The SMILES string of the molecule is C#CC(C)(C)C.[CH-]=O.[CH-]=O.[CH-]=O.[CH-]=O.[CH-]=O.[CH-]=O.[Co]. The minimum absolute atomic E-state index is 0. The van der Waals surface area contributed by atoms with Crippen molar-refractivity contribution in [3.8, 4) is 12.3 Å². The summed E-state index contributed by atoms with van der Waals surface area (Å²) in [4.78, 5) is 46.5. The van der Waals surface area contributed by atoms with Crippen molar-refractivity contribution in [1.29, 1.82) is 0 Å². The zero-order valence-electron chi connectivity index (χ0n) is 10.8. The average Bonchev–Trinajstić information content (AvgIpc) is 2.51. The molecule has 0 aliphatic heterocycles. The van der Waals surface area contributed by atoms with E-state index in [2.05, 4.69) is 46.7 Å². The van der Waals surface area contributed by atoms with Crippen molar-refractivity contribution in [3.63, 3.8) is 0 Å². The summed E-state index contributed by atoms with van der Waals surface area (Å²) < 4.78 is 0. The van der Waals surface area contributed by atoms with E-state index in [0.717, 1.165) is 0 Å². The van der Waals surface area contributed by atoms with E-state index in [1.807, 2.05) is 20.8 Å². The molecule has 7 heteroatoms. The normalized spacial score (nSPS) is 4.53. The van der Waals surface area contributed by atoms with Gasteiger partial charge in [-0.15, -0.1) is 12.3 Å². The third-order valence-corrected chi connectivity index (χ3v) is 0.433. The Morgan fingerprint density at radius 1 is 0.632 bits per heavy atom. The van der Waals surface area contributed by atoms with Crippen LogP contribution in [0.5, 0.6) is 0 Å². The summed E-state index contributed by atoms with van der Waals surface area (Å²) in [6.07, 6.45) is 5.06. The Labute approximate surface area is 125 Å². The molecule has 0 rings (SSSR count). The van der Waals surface area contributed by atoms with Gasteiger partial charge in [0, 0.05) is 22.2 Å². The van der Waals surface area contributed by atoms with Gasteiger partial charge >= 0.3 is 0 Å². The fraction of sp³-hybridized carbons (Fsp3) is 0.333. The molecule has 0 aromatic heterocycles. The van der Waals surface area contributed by atoms with Gasteiger partial charge in [0.05, 0.1) is 0 Å². The van der Waals surface area contributed by atoms with Gasteiger partial charge in [-0.05, 0) is 20.8 Å². The Kier molecular flexibility index (Phi) is 399. The maximum absolute atomic E-state index is 7.75. The van der Waals surface area contributed by atoms with Crippen LogP contribution in [-0.4, -0.2) is 40.7 Å². The van der Waals surface area contributed by atoms with E-state index in [4.69, 9.17) is 35.2 Å². The van der Waals surface area contributed by atoms with E-state index in [1.165, 1.54) is 0 Å². The summed E-state index contributed by atoms with van der Waals surface area (Å²) in [5.74, 6) is 2.60. The van der Waals surface area contributed by atoms with Crippen LogP contribution in [0.4, 0.5) is 0 Å². The minimum atomic E-state index is 0. The van der Waals surface area contributed by atoms with Crippen LogP contribution in [0.15, 0.2) is 0 Å². The Morgan fingerprint density at radius 3 is 0.684 bits per heavy atom. The van der Waals surface area contributed by atoms with Crippen molar-refractivity contribution in [2.45, 2.75) is 20.8 Å². The Bertz CT molecular complexity index is 138. The third-order valence-electron chi connectivity index (χ3n) is 0.433. The standard InChI is InChI=1S/C6H10.6CHO.Co/c1-5-6(2,3)4;6*1-2;/h1H,2-4H3;6*1H;/q;6*-1;. The molecule has 0 aliphatic carbocycles. The molecule has 0 aromatic rings. The monoisotopic (exact) mass is 315 g/mol. The molecule has 0 fully saturated rings. The fourth-order valence-electron chi connectivity index (χ4n) is 0. The van der Waals surface area contributed by atoms with Crippen molar-refractivity contribution >= 4 is 40.7 Å². The van der Waals surface area contributed by atoms with Crippen LogP contribution in [0.1, 0.15) is 20.8 Å². The van der Waals surface area contributed by atoms with Gasteiger partial charge in [0.25, 0.3) is 0 Å². The number of carbonyl (C=O) groups excluding carboxylic acids is 6. The van der Waals surface area contributed by atoms with Crippen molar-refractivity contribution in [1.82, 2.24) is 0 Å². The molecule has 0 N–H and O–H groups in total. The number of hydrogen-bond acceptors (Lipinski definition) is 6. The Hall–Kier alpha value is -1.91. The summed E-state index contributed by atoms with van der Waals surface area (Å²) in [5.41, 5.74) is 0.0694. The summed E-state index contributed by atoms with van der Waals surface area (Å²) in [6.45, 7) is 25.5. The molecule has 0 aromatic carbocycles. The van der Waals surface area contributed by atoms with Crippen LogP contribution in [0.25, 0.3) is 0 Å². The first-order valence-corrected chi connectivity index (χ1v) is 3.45. The molecule has 19 heavy (non-hydrogen) atoms. The molecule has 6 nitrogen and oxygen atoms in total. The van der Waals surface area contributed by atoms with Crippen molar-refractivity contribution in [2.24, 2.45) is 5.41 Å². The van der Waals surface area contributed by atoms with Gasteiger partial charge in [0.2, 0.25) is 0 Å². The average molecular weight is 315 g/mol. The first-order valence-electron chi connectivity index (χ1n) is 3.45. The molecule has 0 spiro atoms. The second-order valence-corrected chi connectivity index (χ2v) is 2.39. The molecule has 0 bridgehead atoms. The minimum Gasteiger partial charge on any atom is -0.545 e. The van der Waals surface area contributed by atoms with Gasteiger partial charge in [0.15, 0.2) is 0 Å². The molecule has 0 unspecified atom stereocenters. The van der Waals surface area contributed by atoms with Crippen LogP contribution >= 0.6 is 0 Å². The van der Waals surface area contributed by atoms with E-state index in [-0.39, 0.29) is 22.2 Å². The van der Waals surface area contributed by atoms with Crippen LogP contribution in [0.2, 0.25) is 0 Å². The second kappa shape index (κ2) is 142.